The van der Waals surface area contributed by atoms with Crippen LogP contribution in [0, 0.1) is 22.7 Å². The summed E-state index contributed by atoms with van der Waals surface area (Å²) in [4.78, 5) is 0. The van der Waals surface area contributed by atoms with Gasteiger partial charge in [-0.15, -0.1) is 0 Å². The molecule has 3 rings (SSSR count). The average Bonchev–Trinajstić information content (AvgIpc) is 2.94. The van der Waals surface area contributed by atoms with Gasteiger partial charge in [0.25, 0.3) is 0 Å². The van der Waals surface area contributed by atoms with Gasteiger partial charge in [-0.3, -0.25) is 0 Å². The first-order valence-electron chi connectivity index (χ1n) is 12.0. The fourth-order valence-corrected chi connectivity index (χ4v) is 3.92. The van der Waals surface area contributed by atoms with E-state index in [2.05, 4.69) is 25.1 Å². The van der Waals surface area contributed by atoms with E-state index in [4.69, 9.17) is 10.00 Å². The van der Waals surface area contributed by atoms with Crippen LogP contribution in [-0.4, -0.2) is 5.11 Å². The van der Waals surface area contributed by atoms with Crippen LogP contribution in [0.1, 0.15) is 54.2 Å². The van der Waals surface area contributed by atoms with E-state index in [0.717, 1.165) is 39.8 Å². The Bertz CT molecular complexity index is 1340. The summed E-state index contributed by atoms with van der Waals surface area (Å²) in [7, 11) is 0. The summed E-state index contributed by atoms with van der Waals surface area (Å²) in [6, 6.07) is 25.1. The van der Waals surface area contributed by atoms with E-state index in [1.807, 2.05) is 85.8 Å². The molecule has 0 saturated carbocycles. The summed E-state index contributed by atoms with van der Waals surface area (Å²) in [6.45, 7) is 4.31. The van der Waals surface area contributed by atoms with Gasteiger partial charge in [0, 0.05) is 5.56 Å². The van der Waals surface area contributed by atoms with Crippen molar-refractivity contribution in [2.45, 2.75) is 39.6 Å². The predicted octanol–water partition coefficient (Wildman–Crippen LogP) is 7.32. The zero-order valence-corrected chi connectivity index (χ0v) is 20.7. The fraction of sp³-hybridized carbons (Fsp3) is 0.188. The molecule has 4 nitrogen and oxygen atoms in total. The molecule has 1 unspecified atom stereocenters. The van der Waals surface area contributed by atoms with Gasteiger partial charge in [-0.2, -0.15) is 10.5 Å². The Labute approximate surface area is 213 Å². The molecule has 0 aromatic heterocycles. The normalized spacial score (nSPS) is 12.5. The third kappa shape index (κ3) is 6.68. The van der Waals surface area contributed by atoms with Crippen LogP contribution in [0.3, 0.4) is 0 Å². The zero-order chi connectivity index (χ0) is 25.8. The zero-order valence-electron chi connectivity index (χ0n) is 20.7. The number of ether oxygens (including phenoxy) is 1. The highest BCUT2D eigenvalue weighted by Crippen LogP contribution is 2.34. The molecule has 0 amide bonds. The molecule has 180 valence electrons. The molecule has 0 spiro atoms. The number of aliphatic hydroxyl groups is 1. The van der Waals surface area contributed by atoms with Crippen LogP contribution in [0.5, 0.6) is 0 Å². The average molecular weight is 475 g/mol. The molecule has 1 N–H and O–H groups in total. The van der Waals surface area contributed by atoms with Gasteiger partial charge in [0.1, 0.15) is 6.10 Å². The van der Waals surface area contributed by atoms with E-state index in [1.54, 1.807) is 12.1 Å². The SMILES string of the molecule is C\C=C(/C=C\C=C\CC)C(OCc1ccc(C#N)cc1)c1ccc(C#N)c(-c2ccccc2CO)c1. The van der Waals surface area contributed by atoms with Crippen LogP contribution >= 0.6 is 0 Å². The lowest BCUT2D eigenvalue weighted by atomic mass is 9.91. The molecule has 4 heteroatoms. The Balaban J connectivity index is 2.05. The van der Waals surface area contributed by atoms with Crippen molar-refractivity contribution in [2.75, 3.05) is 0 Å². The van der Waals surface area contributed by atoms with Gasteiger partial charge in [0.15, 0.2) is 0 Å². The summed E-state index contributed by atoms with van der Waals surface area (Å²) in [6.07, 6.45) is 10.7. The quantitative estimate of drug-likeness (QED) is 0.312. The Morgan fingerprint density at radius 2 is 1.75 bits per heavy atom. The maximum atomic E-state index is 9.88. The standard InChI is InChI=1S/C32H30N2O2/c1-3-5-6-7-10-26(4-2)32(36-23-25-15-13-24(20-33)14-16-25)27-17-18-28(21-34)31(19-27)30-12-9-8-11-29(30)22-35/h4-19,32,35H,3,22-23H2,1-2H3/b6-5+,10-7-,26-4+. The van der Waals surface area contributed by atoms with Gasteiger partial charge in [-0.25, -0.2) is 0 Å². The minimum absolute atomic E-state index is 0.115. The van der Waals surface area contributed by atoms with Crippen molar-refractivity contribution in [3.05, 3.63) is 131 Å². The highest BCUT2D eigenvalue weighted by atomic mass is 16.5. The Morgan fingerprint density at radius 3 is 2.42 bits per heavy atom. The second-order valence-corrected chi connectivity index (χ2v) is 8.22. The van der Waals surface area contributed by atoms with Crippen molar-refractivity contribution in [1.82, 2.24) is 0 Å². The van der Waals surface area contributed by atoms with E-state index in [9.17, 15) is 10.4 Å². The minimum Gasteiger partial charge on any atom is -0.392 e. The lowest BCUT2D eigenvalue weighted by molar-refractivity contribution is 0.0662. The van der Waals surface area contributed by atoms with Gasteiger partial charge in [-0.05, 0) is 65.4 Å². The Morgan fingerprint density at radius 1 is 0.972 bits per heavy atom. The molecule has 0 aliphatic carbocycles. The topological polar surface area (TPSA) is 77.0 Å². The van der Waals surface area contributed by atoms with Crippen LogP contribution in [0.2, 0.25) is 0 Å². The van der Waals surface area contributed by atoms with E-state index < -0.39 is 0 Å². The molecule has 3 aromatic rings. The predicted molar refractivity (Wildman–Crippen MR) is 144 cm³/mol. The Hall–Kier alpha value is -4.22. The van der Waals surface area contributed by atoms with Crippen LogP contribution < -0.4 is 0 Å². The number of nitriles is 2. The number of aliphatic hydroxyl groups excluding tert-OH is 1. The lowest BCUT2D eigenvalue weighted by Crippen LogP contribution is -2.08. The van der Waals surface area contributed by atoms with Gasteiger partial charge >= 0.3 is 0 Å². The summed E-state index contributed by atoms with van der Waals surface area (Å²) >= 11 is 0. The monoisotopic (exact) mass is 474 g/mol. The van der Waals surface area contributed by atoms with Crippen LogP contribution in [0.25, 0.3) is 11.1 Å². The van der Waals surface area contributed by atoms with Crippen LogP contribution in [0.15, 0.2) is 103 Å². The van der Waals surface area contributed by atoms with Gasteiger partial charge < -0.3 is 9.84 Å². The molecular weight excluding hydrogens is 444 g/mol. The molecule has 0 aliphatic rings. The molecule has 0 fully saturated rings. The summed E-state index contributed by atoms with van der Waals surface area (Å²) in [5.74, 6) is 0. The highest BCUT2D eigenvalue weighted by Gasteiger charge is 2.19. The van der Waals surface area contributed by atoms with Gasteiger partial charge in [0.2, 0.25) is 0 Å². The molecule has 0 aliphatic heterocycles. The Kier molecular flexibility index (Phi) is 9.98. The first-order valence-corrected chi connectivity index (χ1v) is 12.0. The van der Waals surface area contributed by atoms with Crippen molar-refractivity contribution >= 4 is 0 Å². The number of hydrogen-bond donors (Lipinski definition) is 1. The maximum Gasteiger partial charge on any atom is 0.108 e. The second-order valence-electron chi connectivity index (χ2n) is 8.22. The molecule has 36 heavy (non-hydrogen) atoms. The number of allylic oxidation sites excluding steroid dienone is 4. The smallest absolute Gasteiger partial charge is 0.108 e. The number of rotatable bonds is 10. The highest BCUT2D eigenvalue weighted by molar-refractivity contribution is 5.74. The van der Waals surface area contributed by atoms with Crippen molar-refractivity contribution in [3.63, 3.8) is 0 Å². The van der Waals surface area contributed by atoms with Crippen LogP contribution in [-0.2, 0) is 18.0 Å². The number of nitrogens with zero attached hydrogens (tertiary/aromatic N) is 2. The molecule has 1 atom stereocenters. The van der Waals surface area contributed by atoms with E-state index in [-0.39, 0.29) is 12.7 Å². The van der Waals surface area contributed by atoms with Crippen molar-refractivity contribution < 1.29 is 9.84 Å². The van der Waals surface area contributed by atoms with E-state index in [0.29, 0.717) is 17.7 Å². The van der Waals surface area contributed by atoms with Gasteiger partial charge in [-0.1, -0.05) is 79.8 Å². The fourth-order valence-electron chi connectivity index (χ4n) is 3.92. The van der Waals surface area contributed by atoms with E-state index in [1.165, 1.54) is 0 Å². The van der Waals surface area contributed by atoms with Crippen LogP contribution in [0.4, 0.5) is 0 Å². The molecule has 0 radical (unpaired) electrons. The van der Waals surface area contributed by atoms with E-state index >= 15 is 0 Å². The van der Waals surface area contributed by atoms with Gasteiger partial charge in [0.05, 0.1) is 36.5 Å². The second kappa shape index (κ2) is 13.6. The van der Waals surface area contributed by atoms with Crippen molar-refractivity contribution in [2.24, 2.45) is 0 Å². The summed E-state index contributed by atoms with van der Waals surface area (Å²) < 4.78 is 6.46. The largest absolute Gasteiger partial charge is 0.392 e. The first-order chi connectivity index (χ1) is 17.6. The molecule has 3 aromatic carbocycles. The molecule has 0 heterocycles. The molecule has 0 bridgehead atoms. The van der Waals surface area contributed by atoms with Crippen molar-refractivity contribution in [3.8, 4) is 23.3 Å². The third-order valence-corrected chi connectivity index (χ3v) is 5.85. The number of hydrogen-bond acceptors (Lipinski definition) is 4. The lowest BCUT2D eigenvalue weighted by Gasteiger charge is -2.22. The summed E-state index contributed by atoms with van der Waals surface area (Å²) in [5.41, 5.74) is 6.34. The summed E-state index contributed by atoms with van der Waals surface area (Å²) in [5, 5.41) is 28.8. The minimum atomic E-state index is -0.385. The number of benzene rings is 3. The molecule has 0 saturated heterocycles. The first kappa shape index (κ1) is 26.4. The maximum absolute atomic E-state index is 9.88. The molecular formula is C32H30N2O2. The third-order valence-electron chi connectivity index (χ3n) is 5.85. The van der Waals surface area contributed by atoms with Crippen molar-refractivity contribution in [1.29, 1.82) is 10.5 Å².